The Hall–Kier alpha value is -1.74. The average Bonchev–Trinajstić information content (AvgIpc) is 2.91. The van der Waals surface area contributed by atoms with E-state index in [0.717, 1.165) is 24.3 Å². The highest BCUT2D eigenvalue weighted by molar-refractivity contribution is 8.68. The molecule has 37 heavy (non-hydrogen) atoms. The van der Waals surface area contributed by atoms with E-state index >= 15 is 0 Å². The molecule has 1 atom stereocenters. The van der Waals surface area contributed by atoms with Crippen LogP contribution in [0, 0.1) is 0 Å². The van der Waals surface area contributed by atoms with Crippen molar-refractivity contribution in [1.29, 1.82) is 0 Å². The van der Waals surface area contributed by atoms with Crippen molar-refractivity contribution in [3.05, 3.63) is 95.6 Å². The van der Waals surface area contributed by atoms with Crippen molar-refractivity contribution in [2.24, 2.45) is 0 Å². The molecule has 0 saturated heterocycles. The first-order valence-corrected chi connectivity index (χ1v) is 18.0. The molecule has 3 aromatic rings. The molecular weight excluding hydrogens is 511 g/mol. The van der Waals surface area contributed by atoms with E-state index in [1.807, 2.05) is 30.3 Å². The molecule has 0 saturated carbocycles. The van der Waals surface area contributed by atoms with Crippen LogP contribution in [0.15, 0.2) is 78.9 Å². The lowest BCUT2D eigenvalue weighted by atomic mass is 10.1. The van der Waals surface area contributed by atoms with Crippen LogP contribution in [-0.2, 0) is 24.6 Å². The fourth-order valence-electron chi connectivity index (χ4n) is 4.24. The summed E-state index contributed by atoms with van der Waals surface area (Å²) in [4.78, 5) is 0. The van der Waals surface area contributed by atoms with E-state index in [9.17, 15) is 0 Å². The molecule has 0 spiro atoms. The summed E-state index contributed by atoms with van der Waals surface area (Å²) in [5, 5.41) is 0.155. The molecule has 0 heterocycles. The van der Waals surface area contributed by atoms with Crippen molar-refractivity contribution in [2.75, 3.05) is 0 Å². The van der Waals surface area contributed by atoms with Gasteiger partial charge in [0, 0.05) is 5.25 Å². The maximum Gasteiger partial charge on any atom is 0.349 e. The summed E-state index contributed by atoms with van der Waals surface area (Å²) in [6, 6.07) is 27.3. The van der Waals surface area contributed by atoms with E-state index in [1.165, 1.54) is 68.1 Å². The number of benzene rings is 3. The fourth-order valence-corrected chi connectivity index (χ4v) is 9.77. The van der Waals surface area contributed by atoms with Gasteiger partial charge in [-0.1, -0.05) is 107 Å². The zero-order chi connectivity index (χ0) is 26.3. The third-order valence-corrected chi connectivity index (χ3v) is 11.6. The van der Waals surface area contributed by atoms with Crippen LogP contribution >= 0.6 is 17.1 Å². The molecule has 2 nitrogen and oxygen atoms in total. The smallest absolute Gasteiger partial charge is 0.349 e. The van der Waals surface area contributed by atoms with Gasteiger partial charge in [-0.25, -0.2) is 0 Å². The average molecular weight is 555 g/mol. The second-order valence-electron chi connectivity index (χ2n) is 9.70. The highest BCUT2D eigenvalue weighted by atomic mass is 32.9. The Kier molecular flexibility index (Phi) is 13.1. The van der Waals surface area contributed by atoms with Crippen molar-refractivity contribution < 1.29 is 9.05 Å². The van der Waals surface area contributed by atoms with Gasteiger partial charge >= 0.3 is 5.69 Å². The second kappa shape index (κ2) is 16.3. The van der Waals surface area contributed by atoms with Crippen LogP contribution in [0.4, 0.5) is 0 Å². The van der Waals surface area contributed by atoms with Crippen molar-refractivity contribution in [1.82, 2.24) is 0 Å². The molecule has 3 rings (SSSR count). The van der Waals surface area contributed by atoms with Crippen molar-refractivity contribution in [2.45, 2.75) is 90.2 Å². The molecular formula is C32H43O2PS2. The Bertz CT molecular complexity index is 1010. The Morgan fingerprint density at radius 3 is 1.54 bits per heavy atom. The first-order chi connectivity index (χ1) is 18.0. The molecule has 0 bridgehead atoms. The Labute approximate surface area is 234 Å². The van der Waals surface area contributed by atoms with Crippen LogP contribution in [0.3, 0.4) is 0 Å². The van der Waals surface area contributed by atoms with Gasteiger partial charge in [-0.3, -0.25) is 0 Å². The summed E-state index contributed by atoms with van der Waals surface area (Å²) >= 11 is 7.75. The number of rotatable bonds is 17. The summed E-state index contributed by atoms with van der Waals surface area (Å²) in [5.41, 5.74) is 1.19. The first kappa shape index (κ1) is 29.8. The number of hydrogen-bond donors (Lipinski definition) is 0. The monoisotopic (exact) mass is 554 g/mol. The Balaban J connectivity index is 1.70. The number of unbranched alkanes of at least 4 members (excludes halogenated alkanes) is 6. The highest BCUT2D eigenvalue weighted by Crippen LogP contribution is 2.64. The lowest BCUT2D eigenvalue weighted by molar-refractivity contribution is 0.506. The van der Waals surface area contributed by atoms with E-state index in [2.05, 4.69) is 69.3 Å². The van der Waals surface area contributed by atoms with Gasteiger partial charge in [0.15, 0.2) is 0 Å². The van der Waals surface area contributed by atoms with Crippen LogP contribution in [-0.4, -0.2) is 0 Å². The quantitative estimate of drug-likeness (QED) is 0.122. The van der Waals surface area contributed by atoms with E-state index in [0.29, 0.717) is 0 Å². The number of aryl methyl sites for hydroxylation is 2. The van der Waals surface area contributed by atoms with Crippen LogP contribution in [0.1, 0.15) is 94.1 Å². The van der Waals surface area contributed by atoms with Gasteiger partial charge in [0.05, 0.1) is 0 Å². The lowest BCUT2D eigenvalue weighted by Gasteiger charge is -2.26. The van der Waals surface area contributed by atoms with Gasteiger partial charge in [-0.15, -0.1) is 0 Å². The largest absolute Gasteiger partial charge is 0.428 e. The van der Waals surface area contributed by atoms with E-state index in [-0.39, 0.29) is 5.25 Å². The predicted octanol–water partition coefficient (Wildman–Crippen LogP) is 11.1. The maximum atomic E-state index is 6.48. The van der Waals surface area contributed by atoms with Gasteiger partial charge in [0.2, 0.25) is 0 Å². The van der Waals surface area contributed by atoms with Gasteiger partial charge in [-0.05, 0) is 96.8 Å². The van der Waals surface area contributed by atoms with Crippen LogP contribution in [0.25, 0.3) is 0 Å². The molecule has 0 N–H and O–H groups in total. The summed E-state index contributed by atoms with van der Waals surface area (Å²) in [7, 11) is 0. The van der Waals surface area contributed by atoms with Crippen LogP contribution in [0.5, 0.6) is 11.5 Å². The maximum absolute atomic E-state index is 6.48. The minimum absolute atomic E-state index is 0.155. The molecule has 0 aliphatic rings. The third-order valence-electron chi connectivity index (χ3n) is 6.48. The summed E-state index contributed by atoms with van der Waals surface area (Å²) < 4.78 is 13.0. The summed E-state index contributed by atoms with van der Waals surface area (Å²) in [6.07, 6.45) is 12.4. The van der Waals surface area contributed by atoms with Gasteiger partial charge in [0.25, 0.3) is 0 Å². The standard InChI is InChI=1S/C32H43O2PS2/c1-4-6-8-11-15-28-19-23-31(24-20-28)33-35(36,37-27(3)30-17-13-10-14-18-30)34-32-25-21-29(22-26-32)16-12-9-7-5-2/h10,13-14,17-27H,4-9,11-12,15-16H2,1-3H3. The zero-order valence-electron chi connectivity index (χ0n) is 22.7. The molecule has 0 amide bonds. The molecule has 0 aliphatic heterocycles. The van der Waals surface area contributed by atoms with Crippen LogP contribution in [0.2, 0.25) is 0 Å². The number of hydrogen-bond acceptors (Lipinski definition) is 4. The zero-order valence-corrected chi connectivity index (χ0v) is 25.3. The molecule has 0 radical (unpaired) electrons. The van der Waals surface area contributed by atoms with Crippen molar-refractivity contribution >= 4 is 28.9 Å². The molecule has 0 aromatic heterocycles. The normalized spacial score (nSPS) is 12.3. The fraction of sp³-hybridized carbons (Fsp3) is 0.438. The minimum atomic E-state index is -2.73. The Morgan fingerprint density at radius 2 is 1.11 bits per heavy atom. The van der Waals surface area contributed by atoms with Crippen molar-refractivity contribution in [3.63, 3.8) is 0 Å². The van der Waals surface area contributed by atoms with Crippen molar-refractivity contribution in [3.8, 4) is 11.5 Å². The third kappa shape index (κ3) is 10.9. The highest BCUT2D eigenvalue weighted by Gasteiger charge is 2.28. The Morgan fingerprint density at radius 1 is 0.649 bits per heavy atom. The molecule has 1 unspecified atom stereocenters. The molecule has 5 heteroatoms. The molecule has 200 valence electrons. The second-order valence-corrected chi connectivity index (χ2v) is 16.1. The van der Waals surface area contributed by atoms with Gasteiger partial charge < -0.3 is 9.05 Å². The minimum Gasteiger partial charge on any atom is -0.428 e. The lowest BCUT2D eigenvalue weighted by Crippen LogP contribution is -2.01. The van der Waals surface area contributed by atoms with Gasteiger partial charge in [0.1, 0.15) is 11.5 Å². The topological polar surface area (TPSA) is 18.5 Å². The SMILES string of the molecule is CCCCCCc1ccc(OP(=S)(Oc2ccc(CCCCCC)cc2)SC(C)c2ccccc2)cc1. The predicted molar refractivity (Wildman–Crippen MR) is 167 cm³/mol. The molecule has 0 aliphatic carbocycles. The van der Waals surface area contributed by atoms with E-state index in [4.69, 9.17) is 20.9 Å². The van der Waals surface area contributed by atoms with Crippen LogP contribution < -0.4 is 9.05 Å². The summed E-state index contributed by atoms with van der Waals surface area (Å²) in [5.74, 6) is 1.56. The molecule has 3 aromatic carbocycles. The van der Waals surface area contributed by atoms with E-state index < -0.39 is 5.69 Å². The van der Waals surface area contributed by atoms with E-state index in [1.54, 1.807) is 11.4 Å². The molecule has 0 fully saturated rings. The first-order valence-electron chi connectivity index (χ1n) is 13.9. The van der Waals surface area contributed by atoms with Gasteiger partial charge in [-0.2, -0.15) is 0 Å². The summed E-state index contributed by atoms with van der Waals surface area (Å²) in [6.45, 7) is 6.67.